The van der Waals surface area contributed by atoms with Gasteiger partial charge in [-0.05, 0) is 58.2 Å². The Bertz CT molecular complexity index is 1650. The van der Waals surface area contributed by atoms with Crippen LogP contribution in [-0.2, 0) is 26.9 Å². The Balaban J connectivity index is 1.68. The maximum atomic E-state index is 14.2. The van der Waals surface area contributed by atoms with Crippen molar-refractivity contribution in [1.29, 1.82) is 0 Å². The van der Waals surface area contributed by atoms with Crippen LogP contribution in [0.2, 0.25) is 0 Å². The van der Waals surface area contributed by atoms with Crippen molar-refractivity contribution in [2.45, 2.75) is 58.3 Å². The number of aromatic nitrogens is 2. The minimum atomic E-state index is -0.996. The third-order valence-corrected chi connectivity index (χ3v) is 7.69. The van der Waals surface area contributed by atoms with Gasteiger partial charge in [0.2, 0.25) is 0 Å². The van der Waals surface area contributed by atoms with Gasteiger partial charge < -0.3 is 30.3 Å². The van der Waals surface area contributed by atoms with E-state index in [-0.39, 0.29) is 31.7 Å². The number of rotatable bonds is 13. The van der Waals surface area contributed by atoms with Crippen molar-refractivity contribution < 1.29 is 28.7 Å². The third-order valence-electron chi connectivity index (χ3n) is 7.69. The molecule has 4 aromatic rings. The number of nitrogens with zero attached hydrogens (tertiary/aromatic N) is 3. The Kier molecular flexibility index (Phi) is 12.2. The molecule has 1 heterocycles. The van der Waals surface area contributed by atoms with Gasteiger partial charge >= 0.3 is 12.2 Å². The molecule has 0 saturated carbocycles. The van der Waals surface area contributed by atoms with E-state index in [9.17, 15) is 19.2 Å². The average molecular weight is 697 g/mol. The first-order valence-corrected chi connectivity index (χ1v) is 16.8. The van der Waals surface area contributed by atoms with E-state index in [1.165, 1.54) is 15.8 Å². The van der Waals surface area contributed by atoms with Gasteiger partial charge in [0.25, 0.3) is 11.7 Å². The first kappa shape index (κ1) is 38.2. The first-order valence-electron chi connectivity index (χ1n) is 16.8. The number of benzene rings is 3. The molecule has 0 aliphatic carbocycles. The number of Topliss-reactive ketones (excluding diaryl/α,β-unsaturated/α-hetero) is 1. The summed E-state index contributed by atoms with van der Waals surface area (Å²) in [4.78, 5) is 54.1. The van der Waals surface area contributed by atoms with E-state index in [1.54, 1.807) is 48.6 Å². The lowest BCUT2D eigenvalue weighted by molar-refractivity contribution is -0.126. The summed E-state index contributed by atoms with van der Waals surface area (Å²) in [7, 11) is 1.70. The van der Waals surface area contributed by atoms with Gasteiger partial charge in [-0.1, -0.05) is 91.0 Å². The third kappa shape index (κ3) is 10.2. The van der Waals surface area contributed by atoms with Crippen LogP contribution in [0.5, 0.6) is 0 Å². The molecule has 0 radical (unpaired) electrons. The highest BCUT2D eigenvalue weighted by molar-refractivity contribution is 6.43. The molecule has 0 spiro atoms. The van der Waals surface area contributed by atoms with Crippen molar-refractivity contribution in [3.63, 3.8) is 0 Å². The molecule has 3 aromatic carbocycles. The molecule has 0 atom stereocenters. The maximum Gasteiger partial charge on any atom is 0.407 e. The first-order chi connectivity index (χ1) is 24.1. The van der Waals surface area contributed by atoms with Crippen molar-refractivity contribution in [2.24, 2.45) is 7.05 Å². The normalized spacial score (nSPS) is 11.7. The van der Waals surface area contributed by atoms with E-state index in [0.717, 1.165) is 16.7 Å². The smallest absolute Gasteiger partial charge is 0.407 e. The summed E-state index contributed by atoms with van der Waals surface area (Å²) < 4.78 is 12.2. The summed E-state index contributed by atoms with van der Waals surface area (Å²) >= 11 is 0. The average Bonchev–Trinajstić information content (AvgIpc) is 3.44. The number of hydrogen-bond acceptors (Lipinski definition) is 8. The Morgan fingerprint density at radius 2 is 1.06 bits per heavy atom. The zero-order valence-electron chi connectivity index (χ0n) is 30.4. The molecule has 12 heteroatoms. The second-order valence-corrected chi connectivity index (χ2v) is 14.0. The van der Waals surface area contributed by atoms with E-state index in [4.69, 9.17) is 9.47 Å². The maximum absolute atomic E-state index is 14.2. The quantitative estimate of drug-likeness (QED) is 0.0893. The predicted octanol–water partition coefficient (Wildman–Crippen LogP) is 5.88. The molecule has 0 bridgehead atoms. The minimum absolute atomic E-state index is 0.00233. The van der Waals surface area contributed by atoms with Gasteiger partial charge in [-0.15, -0.1) is 0 Å². The molecule has 0 aliphatic heterocycles. The fourth-order valence-corrected chi connectivity index (χ4v) is 5.50. The molecule has 0 unspecified atom stereocenters. The van der Waals surface area contributed by atoms with Crippen LogP contribution in [0, 0.1) is 0 Å². The monoisotopic (exact) mass is 696 g/mol. The van der Waals surface area contributed by atoms with Crippen LogP contribution < -0.4 is 16.0 Å². The van der Waals surface area contributed by atoms with Gasteiger partial charge in [0, 0.05) is 33.2 Å². The largest absolute Gasteiger partial charge is 0.444 e. The lowest BCUT2D eigenvalue weighted by Crippen LogP contribution is -2.46. The highest BCUT2D eigenvalue weighted by atomic mass is 16.6. The molecule has 3 N–H and O–H groups in total. The van der Waals surface area contributed by atoms with Crippen LogP contribution in [0.15, 0.2) is 97.2 Å². The SMILES string of the molecule is Cn1ncc(C(=O)C(=O)N(CCNC(=O)OC(C)(C)C)CCNC(=O)OC(C)(C)C)c1NC(c1ccccc1)(c1ccccc1)c1ccccc1. The second kappa shape index (κ2) is 16.4. The predicted molar refractivity (Wildman–Crippen MR) is 195 cm³/mol. The van der Waals surface area contributed by atoms with Crippen molar-refractivity contribution >= 4 is 29.7 Å². The standard InChI is InChI=1S/C39H48N6O6/c1-37(2,3)50-35(48)40-23-25-45(26-24-41-36(49)51-38(4,5)6)34(47)32(46)31-27-42-44(7)33(31)43-39(28-17-11-8-12-18-28,29-19-13-9-14-20-29)30-21-15-10-16-22-30/h8-22,27,43H,23-26H2,1-7H3,(H,40,48)(H,41,49). The number of hydrogen-bond donors (Lipinski definition) is 3. The minimum Gasteiger partial charge on any atom is -0.444 e. The zero-order chi connectivity index (χ0) is 37.2. The van der Waals surface area contributed by atoms with Crippen molar-refractivity contribution in [1.82, 2.24) is 25.3 Å². The van der Waals surface area contributed by atoms with Gasteiger partial charge in [-0.2, -0.15) is 5.10 Å². The number of aryl methyl sites for hydroxylation is 1. The molecule has 270 valence electrons. The summed E-state index contributed by atoms with van der Waals surface area (Å²) in [5.41, 5.74) is 0.323. The van der Waals surface area contributed by atoms with E-state index >= 15 is 0 Å². The molecule has 12 nitrogen and oxygen atoms in total. The number of ketones is 1. The Hall–Kier alpha value is -5.65. The number of amides is 3. The van der Waals surface area contributed by atoms with Gasteiger partial charge in [-0.25, -0.2) is 9.59 Å². The second-order valence-electron chi connectivity index (χ2n) is 14.0. The van der Waals surface area contributed by atoms with E-state index in [1.807, 2.05) is 91.0 Å². The van der Waals surface area contributed by atoms with E-state index < -0.39 is 40.6 Å². The summed E-state index contributed by atoms with van der Waals surface area (Å²) in [5.74, 6) is -1.33. The van der Waals surface area contributed by atoms with E-state index in [0.29, 0.717) is 5.82 Å². The van der Waals surface area contributed by atoms with Crippen LogP contribution in [0.3, 0.4) is 0 Å². The van der Waals surface area contributed by atoms with Gasteiger partial charge in [0.05, 0.1) is 11.8 Å². The fraction of sp³-hybridized carbons (Fsp3) is 0.359. The summed E-state index contributed by atoms with van der Waals surface area (Å²) in [6.45, 7) is 10.4. The van der Waals surface area contributed by atoms with Gasteiger partial charge in [0.15, 0.2) is 0 Å². The van der Waals surface area contributed by atoms with Crippen LogP contribution in [0.1, 0.15) is 68.6 Å². The highest BCUT2D eigenvalue weighted by Crippen LogP contribution is 2.40. The van der Waals surface area contributed by atoms with Crippen molar-refractivity contribution in [3.8, 4) is 0 Å². The molecule has 4 rings (SSSR count). The fourth-order valence-electron chi connectivity index (χ4n) is 5.50. The molecule has 51 heavy (non-hydrogen) atoms. The number of carbonyl (C=O) groups is 4. The van der Waals surface area contributed by atoms with E-state index in [2.05, 4.69) is 21.0 Å². The van der Waals surface area contributed by atoms with Crippen LogP contribution >= 0.6 is 0 Å². The molecule has 0 fully saturated rings. The highest BCUT2D eigenvalue weighted by Gasteiger charge is 2.39. The molecule has 0 aliphatic rings. The molecular weight excluding hydrogens is 648 g/mol. The molecule has 0 saturated heterocycles. The van der Waals surface area contributed by atoms with Crippen molar-refractivity contribution in [3.05, 3.63) is 119 Å². The number of alkyl carbamates (subject to hydrolysis) is 2. The molecule has 3 amide bonds. The van der Waals surface area contributed by atoms with Gasteiger partial charge in [-0.3, -0.25) is 14.3 Å². The summed E-state index contributed by atoms with van der Waals surface area (Å²) in [5, 5.41) is 13.3. The Morgan fingerprint density at radius 3 is 1.43 bits per heavy atom. The number of nitrogens with one attached hydrogen (secondary N) is 3. The number of anilines is 1. The number of ether oxygens (including phenoxy) is 2. The molecule has 1 aromatic heterocycles. The zero-order valence-corrected chi connectivity index (χ0v) is 30.4. The van der Waals surface area contributed by atoms with Crippen molar-refractivity contribution in [2.75, 3.05) is 31.5 Å². The molecular formula is C39H48N6O6. The summed E-state index contributed by atoms with van der Waals surface area (Å²) in [6.07, 6.45) is 0.0431. The lowest BCUT2D eigenvalue weighted by Gasteiger charge is -2.38. The lowest BCUT2D eigenvalue weighted by atomic mass is 9.77. The van der Waals surface area contributed by atoms with Crippen LogP contribution in [0.4, 0.5) is 15.4 Å². The van der Waals surface area contributed by atoms with Gasteiger partial charge in [0.1, 0.15) is 22.6 Å². The summed E-state index contributed by atoms with van der Waals surface area (Å²) in [6, 6.07) is 29.5. The van der Waals surface area contributed by atoms with Crippen LogP contribution in [-0.4, -0.2) is 75.9 Å². The van der Waals surface area contributed by atoms with Crippen LogP contribution in [0.25, 0.3) is 0 Å². The Labute approximate surface area is 299 Å². The topological polar surface area (TPSA) is 144 Å². The Morgan fingerprint density at radius 1 is 0.667 bits per heavy atom. The number of carbonyl (C=O) groups excluding carboxylic acids is 4.